The van der Waals surface area contributed by atoms with Gasteiger partial charge in [-0.3, -0.25) is 24.1 Å². The van der Waals surface area contributed by atoms with Crippen molar-refractivity contribution >= 4 is 29.3 Å². The zero-order valence-corrected chi connectivity index (χ0v) is 18.6. The summed E-state index contributed by atoms with van der Waals surface area (Å²) in [6.45, 7) is 4.58. The van der Waals surface area contributed by atoms with Crippen molar-refractivity contribution in [2.24, 2.45) is 5.92 Å². The van der Waals surface area contributed by atoms with E-state index in [2.05, 4.69) is 0 Å². The maximum atomic E-state index is 13.3. The van der Waals surface area contributed by atoms with Crippen molar-refractivity contribution in [3.8, 4) is 0 Å². The topological polar surface area (TPSA) is 81.2 Å². The van der Waals surface area contributed by atoms with E-state index in [1.165, 1.54) is 0 Å². The predicted octanol–water partition coefficient (Wildman–Crippen LogP) is 1.85. The molecule has 0 aliphatic carbocycles. The van der Waals surface area contributed by atoms with Crippen LogP contribution in [0.3, 0.4) is 0 Å². The molecular formula is C24H30N4O4. The molecule has 3 saturated heterocycles. The molecule has 0 aromatic heterocycles. The van der Waals surface area contributed by atoms with E-state index >= 15 is 0 Å². The summed E-state index contributed by atoms with van der Waals surface area (Å²) in [7, 11) is 0. The molecule has 4 amide bonds. The average molecular weight is 439 g/mol. The fraction of sp³-hybridized carbons (Fsp3) is 0.583. The fourth-order valence-corrected chi connectivity index (χ4v) is 5.75. The Morgan fingerprint density at radius 2 is 1.69 bits per heavy atom. The summed E-state index contributed by atoms with van der Waals surface area (Å²) >= 11 is 0. The first-order chi connectivity index (χ1) is 15.4. The van der Waals surface area contributed by atoms with Crippen LogP contribution >= 0.6 is 0 Å². The van der Waals surface area contributed by atoms with Crippen LogP contribution in [0, 0.1) is 5.92 Å². The van der Waals surface area contributed by atoms with Crippen molar-refractivity contribution in [2.75, 3.05) is 37.6 Å². The highest BCUT2D eigenvalue weighted by atomic mass is 16.2. The number of benzene rings is 1. The first-order valence-corrected chi connectivity index (χ1v) is 11.7. The van der Waals surface area contributed by atoms with Crippen LogP contribution < -0.4 is 4.90 Å². The molecule has 0 saturated carbocycles. The lowest BCUT2D eigenvalue weighted by molar-refractivity contribution is -0.140. The van der Waals surface area contributed by atoms with Crippen LogP contribution in [0.2, 0.25) is 0 Å². The van der Waals surface area contributed by atoms with Crippen LogP contribution in [0.15, 0.2) is 24.3 Å². The number of carbonyl (C=O) groups is 4. The third-order valence-corrected chi connectivity index (χ3v) is 7.65. The van der Waals surface area contributed by atoms with Gasteiger partial charge in [-0.15, -0.1) is 0 Å². The summed E-state index contributed by atoms with van der Waals surface area (Å²) in [6, 6.07) is 7.13. The molecule has 0 N–H and O–H groups in total. The molecule has 8 heteroatoms. The molecule has 170 valence electrons. The summed E-state index contributed by atoms with van der Waals surface area (Å²) in [5.74, 6) is -0.135. The van der Waals surface area contributed by atoms with Crippen molar-refractivity contribution in [3.63, 3.8) is 0 Å². The Kier molecular flexibility index (Phi) is 5.18. The Morgan fingerprint density at radius 1 is 1.00 bits per heavy atom. The van der Waals surface area contributed by atoms with E-state index in [4.69, 9.17) is 0 Å². The SMILES string of the molecule is CC12CCC(=O)N1c1ccccc1C(=O)N2CC(=O)N1CCC(C(=O)N2CCCC2)CC1. The number of rotatable bonds is 3. The number of piperidine rings is 1. The molecule has 5 rings (SSSR count). The third kappa shape index (κ3) is 3.27. The van der Waals surface area contributed by atoms with E-state index in [1.807, 2.05) is 17.9 Å². The number of likely N-dealkylation sites (tertiary alicyclic amines) is 2. The second-order valence-electron chi connectivity index (χ2n) is 9.54. The number of fused-ring (bicyclic) bond motifs is 3. The highest BCUT2D eigenvalue weighted by Gasteiger charge is 2.53. The molecule has 4 aliphatic heterocycles. The zero-order chi connectivity index (χ0) is 22.5. The number of hydrogen-bond acceptors (Lipinski definition) is 4. The van der Waals surface area contributed by atoms with Gasteiger partial charge in [-0.05, 0) is 51.2 Å². The van der Waals surface area contributed by atoms with E-state index < -0.39 is 5.66 Å². The van der Waals surface area contributed by atoms with Crippen LogP contribution in [-0.2, 0) is 14.4 Å². The minimum atomic E-state index is -0.831. The Labute approximate surface area is 188 Å². The maximum absolute atomic E-state index is 13.3. The number of amides is 4. The monoisotopic (exact) mass is 438 g/mol. The summed E-state index contributed by atoms with van der Waals surface area (Å²) in [5, 5.41) is 0. The minimum Gasteiger partial charge on any atom is -0.342 e. The van der Waals surface area contributed by atoms with Crippen molar-refractivity contribution in [2.45, 2.75) is 51.1 Å². The number of hydrogen-bond donors (Lipinski definition) is 0. The quantitative estimate of drug-likeness (QED) is 0.721. The number of para-hydroxylation sites is 1. The first-order valence-electron chi connectivity index (χ1n) is 11.7. The van der Waals surface area contributed by atoms with Gasteiger partial charge in [0.25, 0.3) is 5.91 Å². The molecule has 1 unspecified atom stereocenters. The van der Waals surface area contributed by atoms with Gasteiger partial charge in [-0.2, -0.15) is 0 Å². The number of carbonyl (C=O) groups excluding carboxylic acids is 4. The second kappa shape index (κ2) is 7.90. The van der Waals surface area contributed by atoms with E-state index in [9.17, 15) is 19.2 Å². The highest BCUT2D eigenvalue weighted by Crippen LogP contribution is 2.44. The summed E-state index contributed by atoms with van der Waals surface area (Å²) < 4.78 is 0. The maximum Gasteiger partial charge on any atom is 0.258 e. The van der Waals surface area contributed by atoms with Gasteiger partial charge in [0.1, 0.15) is 12.2 Å². The molecule has 0 bridgehead atoms. The van der Waals surface area contributed by atoms with Gasteiger partial charge in [-0.25, -0.2) is 0 Å². The molecule has 1 aromatic carbocycles. The lowest BCUT2D eigenvalue weighted by atomic mass is 9.95. The molecule has 4 heterocycles. The van der Waals surface area contributed by atoms with E-state index in [0.29, 0.717) is 50.0 Å². The van der Waals surface area contributed by atoms with Crippen molar-refractivity contribution in [1.29, 1.82) is 0 Å². The Bertz CT molecular complexity index is 965. The van der Waals surface area contributed by atoms with Crippen LogP contribution in [0.4, 0.5) is 5.69 Å². The van der Waals surface area contributed by atoms with Crippen molar-refractivity contribution < 1.29 is 19.2 Å². The van der Waals surface area contributed by atoms with Gasteiger partial charge in [-0.1, -0.05) is 12.1 Å². The highest BCUT2D eigenvalue weighted by molar-refractivity contribution is 6.11. The minimum absolute atomic E-state index is 0.0129. The van der Waals surface area contributed by atoms with E-state index in [-0.39, 0.29) is 36.1 Å². The Balaban J connectivity index is 1.29. The van der Waals surface area contributed by atoms with Crippen LogP contribution in [0.1, 0.15) is 55.8 Å². The molecule has 8 nitrogen and oxygen atoms in total. The van der Waals surface area contributed by atoms with Gasteiger partial charge in [0.2, 0.25) is 17.7 Å². The molecule has 32 heavy (non-hydrogen) atoms. The lowest BCUT2D eigenvalue weighted by Gasteiger charge is -2.48. The average Bonchev–Trinajstić information content (AvgIpc) is 3.45. The fourth-order valence-electron chi connectivity index (χ4n) is 5.75. The van der Waals surface area contributed by atoms with E-state index in [1.54, 1.807) is 32.9 Å². The molecule has 3 fully saturated rings. The largest absolute Gasteiger partial charge is 0.342 e. The predicted molar refractivity (Wildman–Crippen MR) is 118 cm³/mol. The van der Waals surface area contributed by atoms with Gasteiger partial charge in [0, 0.05) is 38.5 Å². The van der Waals surface area contributed by atoms with Gasteiger partial charge < -0.3 is 14.7 Å². The summed E-state index contributed by atoms with van der Waals surface area (Å²) in [4.78, 5) is 58.9. The molecular weight excluding hydrogens is 408 g/mol. The third-order valence-electron chi connectivity index (χ3n) is 7.65. The second-order valence-corrected chi connectivity index (χ2v) is 9.54. The number of anilines is 1. The van der Waals surface area contributed by atoms with Crippen molar-refractivity contribution in [3.05, 3.63) is 29.8 Å². The summed E-state index contributed by atoms with van der Waals surface area (Å²) in [5.41, 5.74) is 0.262. The molecule has 0 spiro atoms. The van der Waals surface area contributed by atoms with Crippen LogP contribution in [-0.4, -0.2) is 76.7 Å². The molecule has 4 aliphatic rings. The Morgan fingerprint density at radius 3 is 2.41 bits per heavy atom. The van der Waals surface area contributed by atoms with E-state index in [0.717, 1.165) is 25.9 Å². The van der Waals surface area contributed by atoms with Gasteiger partial charge in [0.05, 0.1) is 11.3 Å². The molecule has 1 aromatic rings. The normalized spacial score (nSPS) is 25.9. The smallest absolute Gasteiger partial charge is 0.258 e. The van der Waals surface area contributed by atoms with Gasteiger partial charge in [0.15, 0.2) is 0 Å². The van der Waals surface area contributed by atoms with Crippen molar-refractivity contribution in [1.82, 2.24) is 14.7 Å². The first kappa shape index (κ1) is 21.0. The van der Waals surface area contributed by atoms with Crippen LogP contribution in [0.5, 0.6) is 0 Å². The summed E-state index contributed by atoms with van der Waals surface area (Å²) in [6.07, 6.45) is 4.35. The standard InChI is InChI=1S/C24H30N4O4/c1-24-11-8-20(29)28(24)19-7-3-2-6-18(19)23(32)27(24)16-21(30)25-14-9-17(10-15-25)22(31)26-12-4-5-13-26/h2-3,6-7,17H,4-5,8-16H2,1H3. The number of nitrogens with zero attached hydrogens (tertiary/aromatic N) is 4. The van der Waals surface area contributed by atoms with Crippen LogP contribution in [0.25, 0.3) is 0 Å². The molecule has 1 atom stereocenters. The lowest BCUT2D eigenvalue weighted by Crippen LogP contribution is -2.64. The zero-order valence-electron chi connectivity index (χ0n) is 18.6. The van der Waals surface area contributed by atoms with Gasteiger partial charge >= 0.3 is 0 Å². The molecule has 0 radical (unpaired) electrons. The Hall–Kier alpha value is -2.90.